The van der Waals surface area contributed by atoms with Gasteiger partial charge in [0.1, 0.15) is 13.2 Å². The van der Waals surface area contributed by atoms with Crippen LogP contribution < -0.4 is 19.1 Å². The predicted molar refractivity (Wildman–Crippen MR) is 130 cm³/mol. The van der Waals surface area contributed by atoms with Crippen molar-refractivity contribution in [3.05, 3.63) is 48.0 Å². The fourth-order valence-electron chi connectivity index (χ4n) is 3.69. The number of hydrogen-bond donors (Lipinski definition) is 1. The molecular weight excluding hydrogens is 480 g/mol. The molecule has 0 spiro atoms. The van der Waals surface area contributed by atoms with Gasteiger partial charge in [-0.2, -0.15) is 0 Å². The minimum absolute atomic E-state index is 0.131. The molecule has 0 saturated carbocycles. The van der Waals surface area contributed by atoms with Crippen molar-refractivity contribution in [1.29, 1.82) is 0 Å². The molecule has 1 atom stereocenters. The van der Waals surface area contributed by atoms with Crippen LogP contribution in [-0.4, -0.2) is 55.0 Å². The van der Waals surface area contributed by atoms with E-state index in [1.807, 2.05) is 6.92 Å². The van der Waals surface area contributed by atoms with Gasteiger partial charge in [-0.15, -0.1) is 0 Å². The van der Waals surface area contributed by atoms with Crippen molar-refractivity contribution >= 4 is 31.5 Å². The van der Waals surface area contributed by atoms with Crippen LogP contribution in [0.15, 0.2) is 47.4 Å². The number of fused-ring (bicyclic) bond motifs is 1. The number of sulfone groups is 1. The molecule has 0 aromatic heterocycles. The number of ether oxygens (including phenoxy) is 2. The van der Waals surface area contributed by atoms with Gasteiger partial charge >= 0.3 is 0 Å². The fourth-order valence-corrected chi connectivity index (χ4v) is 5.28. The summed E-state index contributed by atoms with van der Waals surface area (Å²) in [7, 11) is -6.86. The monoisotopic (exact) mass is 510 g/mol. The van der Waals surface area contributed by atoms with Gasteiger partial charge < -0.3 is 14.8 Å². The number of benzene rings is 2. The third-order valence-corrected chi connectivity index (χ3v) is 7.76. The zero-order valence-corrected chi connectivity index (χ0v) is 21.1. The first-order valence-electron chi connectivity index (χ1n) is 11.0. The van der Waals surface area contributed by atoms with Gasteiger partial charge in [0.05, 0.1) is 22.9 Å². The zero-order valence-electron chi connectivity index (χ0n) is 19.5. The quantitative estimate of drug-likeness (QED) is 0.522. The van der Waals surface area contributed by atoms with Crippen molar-refractivity contribution in [3.8, 4) is 11.5 Å². The van der Waals surface area contributed by atoms with Crippen molar-refractivity contribution in [3.63, 3.8) is 0 Å². The van der Waals surface area contributed by atoms with E-state index in [-0.39, 0.29) is 29.8 Å². The van der Waals surface area contributed by atoms with Crippen LogP contribution in [0.4, 0.5) is 5.69 Å². The molecule has 186 valence electrons. The average Bonchev–Trinajstić information content (AvgIpc) is 2.78. The van der Waals surface area contributed by atoms with E-state index in [0.29, 0.717) is 43.2 Å². The normalized spacial score (nSPS) is 14.3. The lowest BCUT2D eigenvalue weighted by Crippen LogP contribution is -2.33. The second kappa shape index (κ2) is 10.6. The average molecular weight is 511 g/mol. The molecule has 3 rings (SSSR count). The molecular formula is C23H30N2O7S2. The second-order valence-electron chi connectivity index (χ2n) is 8.14. The number of hydrogen-bond acceptors (Lipinski definition) is 7. The molecule has 11 heteroatoms. The summed E-state index contributed by atoms with van der Waals surface area (Å²) in [6.45, 7) is 2.89. The number of carbonyl (C=O) groups is 1. The van der Waals surface area contributed by atoms with Crippen LogP contribution in [0.1, 0.15) is 37.8 Å². The first-order chi connectivity index (χ1) is 16.0. The Labute approximate surface area is 201 Å². The predicted octanol–water partition coefficient (Wildman–Crippen LogP) is 2.68. The highest BCUT2D eigenvalue weighted by Gasteiger charge is 2.21. The van der Waals surface area contributed by atoms with E-state index >= 15 is 0 Å². The molecule has 2 aromatic rings. The minimum atomic E-state index is -3.57. The Hall–Kier alpha value is -2.79. The van der Waals surface area contributed by atoms with Gasteiger partial charge in [0, 0.05) is 25.3 Å². The Bertz CT molecular complexity index is 1230. The molecule has 0 radical (unpaired) electrons. The molecule has 1 aliphatic heterocycles. The van der Waals surface area contributed by atoms with Gasteiger partial charge in [0.15, 0.2) is 21.3 Å². The Balaban J connectivity index is 1.61. The lowest BCUT2D eigenvalue weighted by Gasteiger charge is -2.25. The summed E-state index contributed by atoms with van der Waals surface area (Å²) >= 11 is 0. The van der Waals surface area contributed by atoms with E-state index in [9.17, 15) is 21.6 Å². The summed E-state index contributed by atoms with van der Waals surface area (Å²) in [5, 5.41) is 2.94. The highest BCUT2D eigenvalue weighted by molar-refractivity contribution is 7.92. The number of rotatable bonds is 10. The van der Waals surface area contributed by atoms with Gasteiger partial charge in [-0.1, -0.05) is 19.1 Å². The third kappa shape index (κ3) is 6.63. The van der Waals surface area contributed by atoms with Gasteiger partial charge in [0.2, 0.25) is 15.9 Å². The number of nitrogens with zero attached hydrogens (tertiary/aromatic N) is 1. The van der Waals surface area contributed by atoms with Crippen LogP contribution in [0.3, 0.4) is 0 Å². The fraction of sp³-hybridized carbons (Fsp3) is 0.435. The van der Waals surface area contributed by atoms with Crippen molar-refractivity contribution in [2.24, 2.45) is 0 Å². The van der Waals surface area contributed by atoms with Crippen molar-refractivity contribution in [2.45, 2.75) is 37.1 Å². The Morgan fingerprint density at radius 1 is 1.00 bits per heavy atom. The maximum atomic E-state index is 12.6. The molecule has 0 aliphatic carbocycles. The van der Waals surface area contributed by atoms with E-state index in [2.05, 4.69) is 5.32 Å². The number of anilines is 1. The third-order valence-electron chi connectivity index (χ3n) is 5.43. The van der Waals surface area contributed by atoms with Crippen molar-refractivity contribution in [1.82, 2.24) is 5.32 Å². The van der Waals surface area contributed by atoms with E-state index in [0.717, 1.165) is 18.1 Å². The minimum Gasteiger partial charge on any atom is -0.486 e. The number of sulfonamides is 1. The Morgan fingerprint density at radius 3 is 2.24 bits per heavy atom. The Kier molecular flexibility index (Phi) is 8.09. The molecule has 0 bridgehead atoms. The molecule has 1 heterocycles. The molecule has 1 aliphatic rings. The van der Waals surface area contributed by atoms with Gasteiger partial charge in [-0.25, -0.2) is 16.8 Å². The van der Waals surface area contributed by atoms with Gasteiger partial charge in [-0.3, -0.25) is 9.10 Å². The number of carbonyl (C=O) groups excluding carboxylic acids is 1. The van der Waals surface area contributed by atoms with Gasteiger partial charge in [0.25, 0.3) is 0 Å². The molecule has 0 saturated heterocycles. The molecule has 34 heavy (non-hydrogen) atoms. The van der Waals surface area contributed by atoms with Crippen LogP contribution in [-0.2, 0) is 24.7 Å². The summed E-state index contributed by atoms with van der Waals surface area (Å²) < 4.78 is 60.4. The van der Waals surface area contributed by atoms with E-state index in [1.54, 1.807) is 30.3 Å². The zero-order chi connectivity index (χ0) is 24.9. The summed E-state index contributed by atoms with van der Waals surface area (Å²) in [5.41, 5.74) is 1.25. The highest BCUT2D eigenvalue weighted by Crippen LogP contribution is 2.34. The Morgan fingerprint density at radius 2 is 1.65 bits per heavy atom. The SMILES string of the molecule is CC[C@H](NC(=O)CCCN(c1ccc2c(c1)OCCO2)S(C)(=O)=O)c1ccc(S(C)(=O)=O)cc1. The maximum Gasteiger partial charge on any atom is 0.232 e. The van der Waals surface area contributed by atoms with Crippen LogP contribution in [0.2, 0.25) is 0 Å². The lowest BCUT2D eigenvalue weighted by molar-refractivity contribution is -0.121. The standard InChI is InChI=1S/C23H30N2O7S2/c1-4-20(17-7-10-19(11-8-17)33(2,27)28)24-23(26)6-5-13-25(34(3,29)30)18-9-12-21-22(16-18)32-15-14-31-21/h7-12,16,20H,4-6,13-15H2,1-3H3,(H,24,26)/t20-/m0/s1. The first kappa shape index (κ1) is 25.8. The first-order valence-corrected chi connectivity index (χ1v) is 14.7. The molecule has 0 unspecified atom stereocenters. The van der Waals surface area contributed by atoms with E-state index < -0.39 is 19.9 Å². The van der Waals surface area contributed by atoms with Crippen molar-refractivity contribution in [2.75, 3.05) is 36.6 Å². The van der Waals surface area contributed by atoms with Crippen LogP contribution in [0.5, 0.6) is 11.5 Å². The number of amides is 1. The van der Waals surface area contributed by atoms with E-state index in [4.69, 9.17) is 9.47 Å². The molecule has 1 amide bonds. The highest BCUT2D eigenvalue weighted by atomic mass is 32.2. The molecule has 2 aromatic carbocycles. The van der Waals surface area contributed by atoms with E-state index in [1.165, 1.54) is 16.4 Å². The molecule has 9 nitrogen and oxygen atoms in total. The number of nitrogens with one attached hydrogen (secondary N) is 1. The van der Waals surface area contributed by atoms with Crippen molar-refractivity contribution < 1.29 is 31.1 Å². The summed E-state index contributed by atoms with van der Waals surface area (Å²) in [5.74, 6) is 0.843. The van der Waals surface area contributed by atoms with Crippen LogP contribution >= 0.6 is 0 Å². The largest absolute Gasteiger partial charge is 0.486 e. The summed E-state index contributed by atoms with van der Waals surface area (Å²) in [6.07, 6.45) is 3.34. The van der Waals surface area contributed by atoms with Gasteiger partial charge in [-0.05, 0) is 42.7 Å². The summed E-state index contributed by atoms with van der Waals surface area (Å²) in [4.78, 5) is 12.8. The molecule has 1 N–H and O–H groups in total. The second-order valence-corrected chi connectivity index (χ2v) is 12.1. The summed E-state index contributed by atoms with van der Waals surface area (Å²) in [6, 6.07) is 11.1. The van der Waals surface area contributed by atoms with Crippen LogP contribution in [0.25, 0.3) is 0 Å². The smallest absolute Gasteiger partial charge is 0.232 e. The molecule has 0 fully saturated rings. The topological polar surface area (TPSA) is 119 Å². The maximum absolute atomic E-state index is 12.6. The van der Waals surface area contributed by atoms with Crippen LogP contribution in [0, 0.1) is 0 Å². The lowest BCUT2D eigenvalue weighted by atomic mass is 10.0.